The van der Waals surface area contributed by atoms with Crippen molar-refractivity contribution in [1.82, 2.24) is 4.98 Å². The molecule has 1 heterocycles. The second-order valence-electron chi connectivity index (χ2n) is 6.59. The molecule has 1 aromatic heterocycles. The van der Waals surface area contributed by atoms with Crippen molar-refractivity contribution < 1.29 is 14.6 Å². The zero-order valence-electron chi connectivity index (χ0n) is 15.3. The molecule has 28 heavy (non-hydrogen) atoms. The van der Waals surface area contributed by atoms with Crippen molar-refractivity contribution in [3.05, 3.63) is 70.2 Å². The van der Waals surface area contributed by atoms with E-state index in [0.29, 0.717) is 33.3 Å². The fourth-order valence-electron chi connectivity index (χ4n) is 2.84. The van der Waals surface area contributed by atoms with E-state index in [0.717, 1.165) is 16.6 Å². The highest BCUT2D eigenvalue weighted by Gasteiger charge is 2.14. The van der Waals surface area contributed by atoms with Gasteiger partial charge in [0.05, 0.1) is 11.3 Å². The lowest BCUT2D eigenvalue weighted by molar-refractivity contribution is 0.473. The van der Waals surface area contributed by atoms with Crippen molar-refractivity contribution in [3.63, 3.8) is 0 Å². The molecule has 0 amide bonds. The van der Waals surface area contributed by atoms with E-state index in [1.165, 1.54) is 18.3 Å². The highest BCUT2D eigenvalue weighted by molar-refractivity contribution is 6.30. The zero-order chi connectivity index (χ0) is 19.8. The zero-order valence-corrected chi connectivity index (χ0v) is 16.0. The number of nitrogens with zero attached hydrogens (tertiary/aromatic N) is 2. The van der Waals surface area contributed by atoms with Gasteiger partial charge in [-0.15, -0.1) is 0 Å². The summed E-state index contributed by atoms with van der Waals surface area (Å²) in [6.07, 6.45) is 1.51. The van der Waals surface area contributed by atoms with Crippen LogP contribution in [0.3, 0.4) is 0 Å². The normalized spacial score (nSPS) is 11.5. The van der Waals surface area contributed by atoms with E-state index in [9.17, 15) is 10.2 Å². The average molecular weight is 393 g/mol. The molecule has 0 aliphatic carbocycles. The Hall–Kier alpha value is -3.31. The number of fused-ring (bicyclic) bond motifs is 1. The average Bonchev–Trinajstić information content (AvgIpc) is 3.06. The minimum Gasteiger partial charge on any atom is -0.507 e. The van der Waals surface area contributed by atoms with Gasteiger partial charge in [-0.2, -0.15) is 0 Å². The lowest BCUT2D eigenvalue weighted by Gasteiger charge is -2.02. The number of phenols is 2. The van der Waals surface area contributed by atoms with Crippen LogP contribution in [0, 0.1) is 13.8 Å². The number of rotatable bonds is 3. The molecule has 3 aromatic carbocycles. The molecule has 0 aliphatic heterocycles. The van der Waals surface area contributed by atoms with Gasteiger partial charge in [0.15, 0.2) is 5.58 Å². The summed E-state index contributed by atoms with van der Waals surface area (Å²) in [5, 5.41) is 20.7. The number of phenolic OH excluding ortho intramolecular Hbond substituents is 2. The first-order valence-corrected chi connectivity index (χ1v) is 9.02. The lowest BCUT2D eigenvalue weighted by Crippen LogP contribution is -1.83. The first-order chi connectivity index (χ1) is 13.4. The summed E-state index contributed by atoms with van der Waals surface area (Å²) in [7, 11) is 0. The van der Waals surface area contributed by atoms with E-state index >= 15 is 0 Å². The minimum absolute atomic E-state index is 0.0459. The quantitative estimate of drug-likeness (QED) is 0.424. The molecule has 2 N–H and O–H groups in total. The van der Waals surface area contributed by atoms with Gasteiger partial charge in [-0.1, -0.05) is 11.6 Å². The summed E-state index contributed by atoms with van der Waals surface area (Å²) < 4.78 is 5.84. The Balaban J connectivity index is 1.73. The Morgan fingerprint density at radius 3 is 2.54 bits per heavy atom. The van der Waals surface area contributed by atoms with Crippen LogP contribution in [0.2, 0.25) is 5.02 Å². The first-order valence-electron chi connectivity index (χ1n) is 8.64. The Morgan fingerprint density at radius 2 is 1.71 bits per heavy atom. The predicted octanol–water partition coefficient (Wildman–Crippen LogP) is 5.93. The van der Waals surface area contributed by atoms with E-state index in [4.69, 9.17) is 16.0 Å². The molecule has 140 valence electrons. The molecular weight excluding hydrogens is 376 g/mol. The highest BCUT2D eigenvalue weighted by Crippen LogP contribution is 2.34. The van der Waals surface area contributed by atoms with E-state index in [2.05, 4.69) is 9.98 Å². The van der Waals surface area contributed by atoms with Crippen LogP contribution in [-0.2, 0) is 0 Å². The summed E-state index contributed by atoms with van der Waals surface area (Å²) >= 11 is 5.96. The van der Waals surface area contributed by atoms with E-state index in [-0.39, 0.29) is 11.5 Å². The largest absolute Gasteiger partial charge is 0.507 e. The van der Waals surface area contributed by atoms with E-state index < -0.39 is 0 Å². The van der Waals surface area contributed by atoms with Gasteiger partial charge < -0.3 is 14.6 Å². The number of aryl methyl sites for hydroxylation is 2. The smallest absolute Gasteiger partial charge is 0.231 e. The highest BCUT2D eigenvalue weighted by atomic mass is 35.5. The van der Waals surface area contributed by atoms with E-state index in [1.54, 1.807) is 24.3 Å². The molecule has 0 atom stereocenters. The van der Waals surface area contributed by atoms with Crippen molar-refractivity contribution in [2.45, 2.75) is 13.8 Å². The number of aromatic hydroxyl groups is 2. The van der Waals surface area contributed by atoms with Gasteiger partial charge in [0.25, 0.3) is 0 Å². The molecule has 0 saturated carbocycles. The van der Waals surface area contributed by atoms with Crippen LogP contribution < -0.4 is 0 Å². The number of benzene rings is 3. The number of aromatic nitrogens is 1. The molecule has 0 radical (unpaired) electrons. The Labute approximate surface area is 166 Å². The van der Waals surface area contributed by atoms with Crippen LogP contribution in [0.5, 0.6) is 11.5 Å². The van der Waals surface area contributed by atoms with E-state index in [1.807, 2.05) is 26.0 Å². The van der Waals surface area contributed by atoms with Crippen LogP contribution in [0.4, 0.5) is 5.69 Å². The molecule has 0 bridgehead atoms. The third kappa shape index (κ3) is 3.44. The molecule has 0 unspecified atom stereocenters. The van der Waals surface area contributed by atoms with Crippen molar-refractivity contribution in [2.24, 2.45) is 4.99 Å². The Kier molecular flexibility index (Phi) is 4.53. The van der Waals surface area contributed by atoms with Gasteiger partial charge in [0, 0.05) is 16.8 Å². The molecule has 4 aromatic rings. The van der Waals surface area contributed by atoms with Crippen LogP contribution in [-0.4, -0.2) is 21.4 Å². The number of oxazole rings is 1. The number of halogens is 1. The fraction of sp³-hybridized carbons (Fsp3) is 0.0909. The van der Waals surface area contributed by atoms with Crippen LogP contribution in [0.15, 0.2) is 57.9 Å². The molecule has 0 fully saturated rings. The maximum absolute atomic E-state index is 10.3. The summed E-state index contributed by atoms with van der Waals surface area (Å²) in [4.78, 5) is 8.86. The lowest BCUT2D eigenvalue weighted by atomic mass is 10.1. The Bertz CT molecular complexity index is 1190. The molecular formula is C22H17ClN2O3. The van der Waals surface area contributed by atoms with Crippen LogP contribution >= 0.6 is 11.6 Å². The summed E-state index contributed by atoms with van der Waals surface area (Å²) in [6, 6.07) is 13.5. The fourth-order valence-corrected chi connectivity index (χ4v) is 3.02. The predicted molar refractivity (Wildman–Crippen MR) is 111 cm³/mol. The summed E-state index contributed by atoms with van der Waals surface area (Å²) in [5.41, 5.74) is 5.13. The standard InChI is InChI=1S/C22H17ClN2O3/c1-12-7-18-21(8-13(12)2)28-22(25-18)17-10-16(4-6-20(17)27)24-11-14-9-15(23)3-5-19(14)26/h3-11,26-27H,1-2H3. The maximum atomic E-state index is 10.3. The van der Waals surface area contributed by atoms with Crippen molar-refractivity contribution >= 4 is 34.6 Å². The third-order valence-corrected chi connectivity index (χ3v) is 4.79. The van der Waals surface area contributed by atoms with Gasteiger partial charge in [-0.3, -0.25) is 4.99 Å². The van der Waals surface area contributed by atoms with Gasteiger partial charge in [-0.25, -0.2) is 4.98 Å². The van der Waals surface area contributed by atoms with Gasteiger partial charge in [0.1, 0.15) is 17.0 Å². The molecule has 5 nitrogen and oxygen atoms in total. The third-order valence-electron chi connectivity index (χ3n) is 4.56. The van der Waals surface area contributed by atoms with Crippen molar-refractivity contribution in [1.29, 1.82) is 0 Å². The van der Waals surface area contributed by atoms with Crippen molar-refractivity contribution in [3.8, 4) is 23.0 Å². The van der Waals surface area contributed by atoms with Crippen molar-refractivity contribution in [2.75, 3.05) is 0 Å². The van der Waals surface area contributed by atoms with Gasteiger partial charge in [0.2, 0.25) is 5.89 Å². The Morgan fingerprint density at radius 1 is 0.964 bits per heavy atom. The molecule has 0 spiro atoms. The van der Waals surface area contributed by atoms with Gasteiger partial charge in [-0.05, 0) is 73.5 Å². The number of hydrogen-bond donors (Lipinski definition) is 2. The SMILES string of the molecule is Cc1cc2nc(-c3cc(N=Cc4cc(Cl)ccc4O)ccc3O)oc2cc1C. The maximum Gasteiger partial charge on any atom is 0.231 e. The molecule has 0 saturated heterocycles. The first kappa shape index (κ1) is 18.1. The molecule has 4 rings (SSSR count). The minimum atomic E-state index is 0.0459. The van der Waals surface area contributed by atoms with Crippen LogP contribution in [0.25, 0.3) is 22.6 Å². The summed E-state index contributed by atoms with van der Waals surface area (Å²) in [6.45, 7) is 4.02. The number of aliphatic imine (C=N–C) groups is 1. The van der Waals surface area contributed by atoms with Gasteiger partial charge >= 0.3 is 0 Å². The number of hydrogen-bond acceptors (Lipinski definition) is 5. The topological polar surface area (TPSA) is 78.9 Å². The summed E-state index contributed by atoms with van der Waals surface area (Å²) in [5.74, 6) is 0.446. The second-order valence-corrected chi connectivity index (χ2v) is 7.02. The molecule has 6 heteroatoms. The monoisotopic (exact) mass is 392 g/mol. The van der Waals surface area contributed by atoms with Crippen LogP contribution in [0.1, 0.15) is 16.7 Å². The second kappa shape index (κ2) is 7.02. The molecule has 0 aliphatic rings.